The van der Waals surface area contributed by atoms with Crippen LogP contribution in [0.15, 0.2) is 39.3 Å². The topological polar surface area (TPSA) is 34.1 Å². The maximum Gasteiger partial charge on any atom is 0.194 e. The molecule has 1 aliphatic rings. The van der Waals surface area contributed by atoms with Crippen molar-refractivity contribution in [2.75, 3.05) is 0 Å². The van der Waals surface area contributed by atoms with Gasteiger partial charge >= 0.3 is 0 Å². The highest BCUT2D eigenvalue weighted by Crippen LogP contribution is 2.33. The van der Waals surface area contributed by atoms with Gasteiger partial charge in [-0.1, -0.05) is 31.9 Å². The average molecular weight is 380 g/mol. The molecule has 3 rings (SSSR count). The number of carbonyl (C=O) groups is 2. The number of carbonyl (C=O) groups excluding carboxylic acids is 2. The fourth-order valence-corrected chi connectivity index (χ4v) is 3.04. The Bertz CT molecular complexity index is 748. The normalized spacial score (nSPS) is 13.2. The van der Waals surface area contributed by atoms with Crippen molar-refractivity contribution in [1.82, 2.24) is 0 Å². The van der Waals surface area contributed by atoms with Gasteiger partial charge in [0.2, 0.25) is 0 Å². The lowest BCUT2D eigenvalue weighted by Crippen LogP contribution is -2.22. The Morgan fingerprint density at radius 3 is 2.26 bits per heavy atom. The smallest absolute Gasteiger partial charge is 0.194 e. The van der Waals surface area contributed by atoms with Gasteiger partial charge in [-0.05, 0) is 42.8 Å². The van der Waals surface area contributed by atoms with Crippen molar-refractivity contribution in [2.24, 2.45) is 0 Å². The molecule has 0 amide bonds. The number of hydrogen-bond donors (Lipinski definition) is 0. The molecule has 0 N–H and O–H groups in total. The van der Waals surface area contributed by atoms with Crippen LogP contribution in [0.1, 0.15) is 37.4 Å². The van der Waals surface area contributed by atoms with Gasteiger partial charge in [0.05, 0.1) is 0 Å². The molecule has 0 heterocycles. The van der Waals surface area contributed by atoms with E-state index in [0.717, 1.165) is 14.5 Å². The van der Waals surface area contributed by atoms with Crippen molar-refractivity contribution < 1.29 is 9.59 Å². The summed E-state index contributed by atoms with van der Waals surface area (Å²) in [4.78, 5) is 25.0. The Hall–Kier alpha value is -1.26. The molecular formula is C15H8Br2O2. The van der Waals surface area contributed by atoms with E-state index in [1.807, 2.05) is 13.0 Å². The van der Waals surface area contributed by atoms with E-state index >= 15 is 0 Å². The van der Waals surface area contributed by atoms with Gasteiger partial charge in [-0.15, -0.1) is 0 Å². The molecule has 0 spiro atoms. The molecule has 19 heavy (non-hydrogen) atoms. The number of benzene rings is 2. The zero-order valence-corrected chi connectivity index (χ0v) is 13.1. The molecule has 0 bridgehead atoms. The Morgan fingerprint density at radius 2 is 1.53 bits per heavy atom. The van der Waals surface area contributed by atoms with Crippen LogP contribution >= 0.6 is 31.9 Å². The molecule has 2 aromatic carbocycles. The fraction of sp³-hybridized carbons (Fsp3) is 0.0667. The Kier molecular flexibility index (Phi) is 2.95. The van der Waals surface area contributed by atoms with Crippen molar-refractivity contribution in [3.05, 3.63) is 67.1 Å². The lowest BCUT2D eigenvalue weighted by Gasteiger charge is -2.20. The van der Waals surface area contributed by atoms with E-state index in [9.17, 15) is 9.59 Å². The molecule has 1 aliphatic carbocycles. The van der Waals surface area contributed by atoms with Crippen LogP contribution in [0.25, 0.3) is 0 Å². The molecule has 0 saturated heterocycles. The highest BCUT2D eigenvalue weighted by atomic mass is 79.9. The highest BCUT2D eigenvalue weighted by molar-refractivity contribution is 9.10. The number of rotatable bonds is 0. The number of fused-ring (bicyclic) bond motifs is 2. The first-order valence-electron chi connectivity index (χ1n) is 5.68. The zero-order chi connectivity index (χ0) is 13.7. The van der Waals surface area contributed by atoms with Crippen LogP contribution in [-0.2, 0) is 0 Å². The van der Waals surface area contributed by atoms with Gasteiger partial charge in [0.15, 0.2) is 11.6 Å². The first-order valence-corrected chi connectivity index (χ1v) is 7.27. The summed E-state index contributed by atoms with van der Waals surface area (Å²) in [6.45, 7) is 1.84. The van der Waals surface area contributed by atoms with E-state index in [0.29, 0.717) is 22.3 Å². The van der Waals surface area contributed by atoms with Crippen molar-refractivity contribution in [2.45, 2.75) is 6.92 Å². The van der Waals surface area contributed by atoms with Gasteiger partial charge in [0.25, 0.3) is 0 Å². The van der Waals surface area contributed by atoms with E-state index < -0.39 is 0 Å². The third-order valence-electron chi connectivity index (χ3n) is 3.34. The van der Waals surface area contributed by atoms with Crippen LogP contribution in [0.3, 0.4) is 0 Å². The van der Waals surface area contributed by atoms with Gasteiger partial charge in [-0.3, -0.25) is 9.59 Å². The summed E-state index contributed by atoms with van der Waals surface area (Å²) in [5.74, 6) is -0.183. The predicted octanol–water partition coefficient (Wildman–Crippen LogP) is 4.30. The minimum Gasteiger partial charge on any atom is -0.289 e. The van der Waals surface area contributed by atoms with Crippen molar-refractivity contribution in [3.63, 3.8) is 0 Å². The molecule has 0 fully saturated rings. The van der Waals surface area contributed by atoms with E-state index in [1.165, 1.54) is 0 Å². The van der Waals surface area contributed by atoms with Gasteiger partial charge < -0.3 is 0 Å². The Labute approximate surface area is 127 Å². The summed E-state index contributed by atoms with van der Waals surface area (Å²) in [7, 11) is 0. The summed E-state index contributed by atoms with van der Waals surface area (Å²) in [5.41, 5.74) is 2.74. The van der Waals surface area contributed by atoms with Crippen molar-refractivity contribution in [3.8, 4) is 0 Å². The van der Waals surface area contributed by atoms with E-state index in [1.54, 1.807) is 24.3 Å². The first-order chi connectivity index (χ1) is 9.00. The minimum atomic E-state index is -0.0929. The van der Waals surface area contributed by atoms with E-state index in [2.05, 4.69) is 31.9 Å². The second-order valence-corrected chi connectivity index (χ2v) is 6.21. The van der Waals surface area contributed by atoms with Gasteiger partial charge in [-0.2, -0.15) is 0 Å². The van der Waals surface area contributed by atoms with Crippen LogP contribution in [0, 0.1) is 6.92 Å². The molecule has 2 aromatic rings. The van der Waals surface area contributed by atoms with Crippen LogP contribution in [-0.4, -0.2) is 11.6 Å². The molecular weight excluding hydrogens is 372 g/mol. The van der Waals surface area contributed by atoms with Crippen molar-refractivity contribution >= 4 is 43.4 Å². The molecule has 0 unspecified atom stereocenters. The van der Waals surface area contributed by atoms with Crippen LogP contribution in [0.2, 0.25) is 0 Å². The molecule has 4 heteroatoms. The summed E-state index contributed by atoms with van der Waals surface area (Å²) in [6, 6.07) is 8.69. The quantitative estimate of drug-likeness (QED) is 0.583. The van der Waals surface area contributed by atoms with Gasteiger partial charge in [-0.25, -0.2) is 0 Å². The Balaban J connectivity index is 2.36. The zero-order valence-electron chi connectivity index (χ0n) is 9.96. The maximum atomic E-state index is 12.6. The second-order valence-electron chi connectivity index (χ2n) is 4.44. The summed E-state index contributed by atoms with van der Waals surface area (Å²) in [6.07, 6.45) is 0. The number of halogens is 2. The second kappa shape index (κ2) is 4.39. The standard InChI is InChI=1S/C15H8Br2O2/c1-7-12(17)5-4-10-13(7)15(19)11-6-8(16)2-3-9(11)14(10)18/h2-6H,1H3. The number of hydrogen-bond acceptors (Lipinski definition) is 2. The third-order valence-corrected chi connectivity index (χ3v) is 4.69. The predicted molar refractivity (Wildman–Crippen MR) is 79.9 cm³/mol. The average Bonchev–Trinajstić information content (AvgIpc) is 2.39. The molecule has 0 aromatic heterocycles. The molecule has 0 radical (unpaired) electrons. The van der Waals surface area contributed by atoms with Crippen LogP contribution in [0.4, 0.5) is 0 Å². The molecule has 0 saturated carbocycles. The highest BCUT2D eigenvalue weighted by Gasteiger charge is 2.31. The third kappa shape index (κ3) is 1.82. The summed E-state index contributed by atoms with van der Waals surface area (Å²) < 4.78 is 1.63. The van der Waals surface area contributed by atoms with E-state index in [4.69, 9.17) is 0 Å². The SMILES string of the molecule is Cc1c(Br)ccc2c1C(=O)c1cc(Br)ccc1C2=O. The molecule has 2 nitrogen and oxygen atoms in total. The van der Waals surface area contributed by atoms with Gasteiger partial charge in [0.1, 0.15) is 0 Å². The number of ketones is 2. The molecule has 0 aliphatic heterocycles. The maximum absolute atomic E-state index is 12.6. The lowest BCUT2D eigenvalue weighted by atomic mass is 9.82. The lowest BCUT2D eigenvalue weighted by molar-refractivity contribution is 0.0978. The van der Waals surface area contributed by atoms with Crippen LogP contribution < -0.4 is 0 Å². The largest absolute Gasteiger partial charge is 0.289 e. The minimum absolute atomic E-state index is 0.0901. The monoisotopic (exact) mass is 378 g/mol. The Morgan fingerprint density at radius 1 is 0.842 bits per heavy atom. The van der Waals surface area contributed by atoms with Crippen molar-refractivity contribution in [1.29, 1.82) is 0 Å². The first kappa shape index (κ1) is 12.8. The molecule has 94 valence electrons. The van der Waals surface area contributed by atoms with E-state index in [-0.39, 0.29) is 11.6 Å². The molecule has 0 atom stereocenters. The summed E-state index contributed by atoms with van der Waals surface area (Å²) >= 11 is 6.74. The fourth-order valence-electron chi connectivity index (χ4n) is 2.35. The van der Waals surface area contributed by atoms with Crippen LogP contribution in [0.5, 0.6) is 0 Å². The summed E-state index contributed by atoms with van der Waals surface area (Å²) in [5, 5.41) is 0. The van der Waals surface area contributed by atoms with Gasteiger partial charge in [0, 0.05) is 31.2 Å².